The molecule has 0 saturated heterocycles. The van der Waals surface area contributed by atoms with Crippen LogP contribution >= 0.6 is 12.6 Å². The van der Waals surface area contributed by atoms with Crippen LogP contribution in [0.3, 0.4) is 0 Å². The van der Waals surface area contributed by atoms with Gasteiger partial charge in [0.25, 0.3) is 0 Å². The third-order valence-corrected chi connectivity index (χ3v) is 8.45. The number of hydrogen-bond donors (Lipinski definition) is 6. The van der Waals surface area contributed by atoms with Gasteiger partial charge in [-0.05, 0) is 55.3 Å². The van der Waals surface area contributed by atoms with Crippen molar-refractivity contribution in [2.45, 2.75) is 23.8 Å². The summed E-state index contributed by atoms with van der Waals surface area (Å²) in [5.41, 5.74) is 5.90. The normalized spacial score (nSPS) is 13.6. The maximum atomic E-state index is 13.3. The van der Waals surface area contributed by atoms with Crippen LogP contribution in [0.2, 0.25) is 0 Å². The van der Waals surface area contributed by atoms with Crippen molar-refractivity contribution in [1.29, 1.82) is 0 Å². The van der Waals surface area contributed by atoms with Crippen LogP contribution in [0.5, 0.6) is 0 Å². The Bertz CT molecular complexity index is 1580. The van der Waals surface area contributed by atoms with Gasteiger partial charge in [0, 0.05) is 24.1 Å². The molecule has 0 aliphatic carbocycles. The first kappa shape index (κ1) is 37.4. The van der Waals surface area contributed by atoms with Gasteiger partial charge in [0.05, 0.1) is 35.9 Å². The number of esters is 1. The predicted octanol–water partition coefficient (Wildman–Crippen LogP) is 0.954. The molecule has 0 saturated carbocycles. The Morgan fingerprint density at radius 2 is 1.55 bits per heavy atom. The first-order valence-electron chi connectivity index (χ1n) is 14.9. The van der Waals surface area contributed by atoms with Gasteiger partial charge in [-0.2, -0.15) is 12.6 Å². The number of ether oxygens (including phenoxy) is 1. The number of carbonyl (C=O) groups excluding carboxylic acids is 4. The van der Waals surface area contributed by atoms with E-state index in [2.05, 4.69) is 46.0 Å². The van der Waals surface area contributed by atoms with Gasteiger partial charge in [-0.1, -0.05) is 43.0 Å². The maximum absolute atomic E-state index is 13.3. The molecule has 0 bridgehead atoms. The molecule has 1 heterocycles. The minimum atomic E-state index is -3.38. The zero-order valence-electron chi connectivity index (χ0n) is 26.4. The Morgan fingerprint density at radius 3 is 2.19 bits per heavy atom. The monoisotopic (exact) mass is 687 g/mol. The topological polar surface area (TPSA) is 181 Å². The Hall–Kier alpha value is -4.02. The summed E-state index contributed by atoms with van der Waals surface area (Å²) in [6.07, 6.45) is 1.75. The van der Waals surface area contributed by atoms with Crippen molar-refractivity contribution in [2.24, 2.45) is 0 Å². The zero-order valence-corrected chi connectivity index (χ0v) is 28.1. The summed E-state index contributed by atoms with van der Waals surface area (Å²) in [4.78, 5) is 55.7. The highest BCUT2D eigenvalue weighted by Gasteiger charge is 2.28. The second-order valence-electron chi connectivity index (χ2n) is 10.7. The Balaban J connectivity index is 1.72. The van der Waals surface area contributed by atoms with Gasteiger partial charge in [-0.25, -0.2) is 18.7 Å². The largest absolute Gasteiger partial charge is 0.457 e. The quantitative estimate of drug-likeness (QED) is 0.0505. The summed E-state index contributed by atoms with van der Waals surface area (Å²) in [5.74, 6) is -1.64. The van der Waals surface area contributed by atoms with E-state index >= 15 is 0 Å². The van der Waals surface area contributed by atoms with Crippen molar-refractivity contribution in [3.05, 3.63) is 77.5 Å². The van der Waals surface area contributed by atoms with E-state index in [9.17, 15) is 27.6 Å². The fourth-order valence-electron chi connectivity index (χ4n) is 4.48. The number of sulfone groups is 1. The molecule has 1 atom stereocenters. The van der Waals surface area contributed by atoms with Gasteiger partial charge in [-0.3, -0.25) is 19.2 Å². The minimum Gasteiger partial charge on any atom is -0.457 e. The molecule has 1 aliphatic heterocycles. The van der Waals surface area contributed by atoms with E-state index in [0.717, 1.165) is 25.6 Å². The van der Waals surface area contributed by atoms with Gasteiger partial charge in [0.1, 0.15) is 6.61 Å². The van der Waals surface area contributed by atoms with Crippen LogP contribution in [0.25, 0.3) is 11.1 Å². The number of hydrogen-bond acceptors (Lipinski definition) is 12. The highest BCUT2D eigenvalue weighted by molar-refractivity contribution is 7.90. The molecule has 3 rings (SSSR count). The van der Waals surface area contributed by atoms with E-state index in [1.54, 1.807) is 36.4 Å². The third kappa shape index (κ3) is 11.6. The predicted molar refractivity (Wildman–Crippen MR) is 181 cm³/mol. The van der Waals surface area contributed by atoms with Crippen molar-refractivity contribution in [3.63, 3.8) is 0 Å². The lowest BCUT2D eigenvalue weighted by Gasteiger charge is -2.18. The fraction of sp³-hybridized carbons (Fsp3) is 0.375. The summed E-state index contributed by atoms with van der Waals surface area (Å²) in [5, 5.41) is 11.0. The van der Waals surface area contributed by atoms with Crippen molar-refractivity contribution in [1.82, 2.24) is 26.7 Å². The number of amides is 2. The Kier molecular flexibility index (Phi) is 14.6. The molecule has 15 heteroatoms. The smallest absolute Gasteiger partial charge is 0.339 e. The number of benzene rings is 2. The molecule has 47 heavy (non-hydrogen) atoms. The van der Waals surface area contributed by atoms with Crippen LogP contribution in [0.4, 0.5) is 0 Å². The lowest BCUT2D eigenvalue weighted by Crippen LogP contribution is -2.40. The number of rotatable bonds is 20. The molecule has 0 radical (unpaired) electrons. The lowest BCUT2D eigenvalue weighted by molar-refractivity contribution is -0.137. The number of Topliss-reactive ketones (excluding diaryl/α,β-unsaturated/α-hetero) is 1. The average Bonchev–Trinajstić information content (AvgIpc) is 3.45. The van der Waals surface area contributed by atoms with E-state index < -0.39 is 33.6 Å². The van der Waals surface area contributed by atoms with Gasteiger partial charge in [0.15, 0.2) is 21.7 Å². The SMILES string of the molecule is C=C(CNC(=O)CS)NCC(=O)NCC(=O)C(ONCCCCNC)c1ccc(C2=C(c3ccc(S(C)(=O)=O)cc3)COC2=O)cc1. The highest BCUT2D eigenvalue weighted by Crippen LogP contribution is 2.34. The van der Waals surface area contributed by atoms with Gasteiger partial charge in [-0.15, -0.1) is 0 Å². The van der Waals surface area contributed by atoms with E-state index in [1.165, 1.54) is 12.1 Å². The van der Waals surface area contributed by atoms with Gasteiger partial charge >= 0.3 is 5.97 Å². The molecular weight excluding hydrogens is 647 g/mol. The van der Waals surface area contributed by atoms with Crippen molar-refractivity contribution >= 4 is 57.2 Å². The first-order chi connectivity index (χ1) is 22.4. The molecular formula is C32H41N5O8S2. The standard InChI is InChI=1S/C32H41N5O8S2/c1-21(16-35-29(40)20-46)34-18-28(39)36-17-27(38)31(45-37-15-5-4-14-33-2)24-8-6-23(7-9-24)30-26(19-44-32(30)41)22-10-12-25(13-11-22)47(3,42)43/h6-13,31,33-34,37,46H,1,4-5,14-20H2,2-3H3,(H,35,40)(H,36,39). The van der Waals surface area contributed by atoms with E-state index in [1.807, 2.05) is 7.05 Å². The molecule has 0 aromatic heterocycles. The molecule has 0 spiro atoms. The van der Waals surface area contributed by atoms with Crippen LogP contribution in [0, 0.1) is 0 Å². The van der Waals surface area contributed by atoms with Crippen molar-refractivity contribution < 1.29 is 37.2 Å². The highest BCUT2D eigenvalue weighted by atomic mass is 32.2. The molecule has 2 amide bonds. The van der Waals surface area contributed by atoms with Crippen LogP contribution in [0.15, 0.2) is 65.7 Å². The van der Waals surface area contributed by atoms with Crippen LogP contribution in [-0.2, 0) is 38.6 Å². The van der Waals surface area contributed by atoms with Crippen LogP contribution in [0.1, 0.15) is 35.6 Å². The number of carbonyl (C=O) groups is 4. The molecule has 2 aromatic rings. The van der Waals surface area contributed by atoms with Crippen LogP contribution in [-0.4, -0.2) is 90.4 Å². The number of hydroxylamine groups is 1. The number of ketones is 1. The number of nitrogens with one attached hydrogen (secondary N) is 5. The minimum absolute atomic E-state index is 0.0292. The summed E-state index contributed by atoms with van der Waals surface area (Å²) < 4.78 is 29.1. The summed E-state index contributed by atoms with van der Waals surface area (Å²) in [7, 11) is -1.52. The summed E-state index contributed by atoms with van der Waals surface area (Å²) >= 11 is 3.88. The van der Waals surface area contributed by atoms with Gasteiger partial charge < -0.3 is 26.0 Å². The van der Waals surface area contributed by atoms with E-state index in [4.69, 9.17) is 9.57 Å². The first-order valence-corrected chi connectivity index (χ1v) is 17.4. The molecule has 254 valence electrons. The Labute approximate surface area is 280 Å². The fourth-order valence-corrected chi connectivity index (χ4v) is 5.23. The second kappa shape index (κ2) is 18.4. The molecule has 2 aromatic carbocycles. The van der Waals surface area contributed by atoms with E-state index in [0.29, 0.717) is 40.1 Å². The summed E-state index contributed by atoms with van der Waals surface area (Å²) in [6.45, 7) is 4.76. The van der Waals surface area contributed by atoms with Crippen molar-refractivity contribution in [3.8, 4) is 0 Å². The number of unbranched alkanes of at least 4 members (excludes halogenated alkanes) is 1. The maximum Gasteiger partial charge on any atom is 0.339 e. The summed E-state index contributed by atoms with van der Waals surface area (Å²) in [6, 6.07) is 12.9. The second-order valence-corrected chi connectivity index (χ2v) is 13.0. The molecule has 5 N–H and O–H groups in total. The Morgan fingerprint density at radius 1 is 0.915 bits per heavy atom. The molecule has 13 nitrogen and oxygen atoms in total. The molecule has 1 unspecified atom stereocenters. The molecule has 1 aliphatic rings. The van der Waals surface area contributed by atoms with E-state index in [-0.39, 0.29) is 42.8 Å². The average molecular weight is 688 g/mol. The van der Waals surface area contributed by atoms with Crippen LogP contribution < -0.4 is 26.7 Å². The molecule has 0 fully saturated rings. The number of cyclic esters (lactones) is 1. The van der Waals surface area contributed by atoms with Gasteiger partial charge in [0.2, 0.25) is 11.8 Å². The third-order valence-electron chi connectivity index (χ3n) is 7.04. The zero-order chi connectivity index (χ0) is 34.4. The van der Waals surface area contributed by atoms with Crippen molar-refractivity contribution in [2.75, 3.05) is 58.4 Å². The lowest BCUT2D eigenvalue weighted by atomic mass is 9.95. The number of thiol groups is 1.